The van der Waals surface area contributed by atoms with Crippen molar-refractivity contribution in [2.75, 3.05) is 0 Å². The van der Waals surface area contributed by atoms with Gasteiger partial charge in [-0.15, -0.1) is 0 Å². The summed E-state index contributed by atoms with van der Waals surface area (Å²) < 4.78 is 24.3. The molecule has 1 saturated heterocycles. The van der Waals surface area contributed by atoms with Gasteiger partial charge < -0.3 is 0 Å². The van der Waals surface area contributed by atoms with Gasteiger partial charge in [-0.1, -0.05) is 41.1 Å². The average molecular weight is 420 g/mol. The highest BCUT2D eigenvalue weighted by Crippen LogP contribution is 2.43. The predicted octanol–water partition coefficient (Wildman–Crippen LogP) is 3.54. The molecule has 1 atom stereocenters. The average Bonchev–Trinajstić information content (AvgIpc) is 2.92. The molecule has 0 bridgehead atoms. The fourth-order valence-corrected chi connectivity index (χ4v) is 5.75. The van der Waals surface area contributed by atoms with Gasteiger partial charge in [-0.05, 0) is 55.1 Å². The molecule has 1 heterocycles. The van der Waals surface area contributed by atoms with Gasteiger partial charge in [0, 0.05) is 17.0 Å². The molecule has 1 fully saturated rings. The molecule has 138 valence electrons. The molecule has 0 aliphatic carbocycles. The zero-order valence-corrected chi connectivity index (χ0v) is 16.5. The lowest BCUT2D eigenvalue weighted by atomic mass is 10.1. The molecule has 1 aliphatic rings. The maximum absolute atomic E-state index is 13.2. The summed E-state index contributed by atoms with van der Waals surface area (Å²) in [6, 6.07) is 12.8. The van der Waals surface area contributed by atoms with Gasteiger partial charge in [-0.3, -0.25) is 14.9 Å². The van der Waals surface area contributed by atoms with E-state index in [2.05, 4.69) is 17.2 Å². The lowest BCUT2D eigenvalue weighted by Crippen LogP contribution is -2.43. The monoisotopic (exact) mass is 419 g/mol. The highest BCUT2D eigenvalue weighted by atomic mass is 35.5. The van der Waals surface area contributed by atoms with Crippen LogP contribution in [0.3, 0.4) is 0 Å². The highest BCUT2D eigenvalue weighted by molar-refractivity contribution is 8.25. The van der Waals surface area contributed by atoms with Crippen LogP contribution in [0.1, 0.15) is 17.5 Å². The van der Waals surface area contributed by atoms with Crippen LogP contribution in [0.5, 0.6) is 0 Å². The van der Waals surface area contributed by atoms with Crippen LogP contribution in [-0.2, 0) is 14.6 Å². The number of rotatable bonds is 3. The fourth-order valence-electron chi connectivity index (χ4n) is 2.50. The molecular formula is C19H14ClNO4S2. The number of nitrogens with one attached hydrogen (secondary N) is 1. The largest absolute Gasteiger partial charge is 0.287 e. The summed E-state index contributed by atoms with van der Waals surface area (Å²) in [5.74, 6) is 4.72. The number of hydrogen-bond acceptors (Lipinski definition) is 5. The standard InChI is InChI=1S/C19H14ClNO4S2/c1-13-4-6-14(7-5-13)3-2-12-19(17(22)21-18(23)26-19)27(24,25)16-10-8-15(20)9-11-16/h4-11H,12H2,1H3,(H,21,22,23). The van der Waals surface area contributed by atoms with E-state index in [9.17, 15) is 18.0 Å². The van der Waals surface area contributed by atoms with E-state index >= 15 is 0 Å². The van der Waals surface area contributed by atoms with E-state index in [0.29, 0.717) is 22.3 Å². The van der Waals surface area contributed by atoms with Crippen molar-refractivity contribution < 1.29 is 18.0 Å². The van der Waals surface area contributed by atoms with Crippen molar-refractivity contribution in [3.63, 3.8) is 0 Å². The summed E-state index contributed by atoms with van der Waals surface area (Å²) in [5, 5.41) is 1.71. The first-order valence-electron chi connectivity index (χ1n) is 7.85. The first-order valence-corrected chi connectivity index (χ1v) is 10.5. The molecule has 2 aromatic carbocycles. The zero-order chi connectivity index (χ0) is 19.7. The molecule has 0 radical (unpaired) electrons. The van der Waals surface area contributed by atoms with Crippen molar-refractivity contribution in [3.05, 3.63) is 64.7 Å². The van der Waals surface area contributed by atoms with E-state index in [-0.39, 0.29) is 11.3 Å². The maximum atomic E-state index is 13.2. The Balaban J connectivity index is 2.01. The Hall–Kier alpha value is -2.27. The van der Waals surface area contributed by atoms with Crippen LogP contribution in [-0.4, -0.2) is 23.6 Å². The highest BCUT2D eigenvalue weighted by Gasteiger charge is 2.58. The van der Waals surface area contributed by atoms with Gasteiger partial charge in [-0.2, -0.15) is 0 Å². The predicted molar refractivity (Wildman–Crippen MR) is 105 cm³/mol. The van der Waals surface area contributed by atoms with E-state index in [1.807, 2.05) is 19.1 Å². The van der Waals surface area contributed by atoms with Crippen LogP contribution < -0.4 is 5.32 Å². The number of carbonyl (C=O) groups excluding carboxylic acids is 2. The summed E-state index contributed by atoms with van der Waals surface area (Å²) in [4.78, 5) is 24.1. The fraction of sp³-hybridized carbons (Fsp3) is 0.158. The first-order chi connectivity index (χ1) is 12.7. The second-order valence-electron chi connectivity index (χ2n) is 5.90. The summed E-state index contributed by atoms with van der Waals surface area (Å²) in [6.07, 6.45) is -0.325. The Bertz CT molecular complexity index is 1070. The van der Waals surface area contributed by atoms with Gasteiger partial charge in [0.15, 0.2) is 0 Å². The summed E-state index contributed by atoms with van der Waals surface area (Å²) in [7, 11) is -4.19. The number of benzene rings is 2. The molecule has 8 heteroatoms. The molecule has 1 unspecified atom stereocenters. The van der Waals surface area contributed by atoms with Crippen LogP contribution in [0.2, 0.25) is 5.02 Å². The van der Waals surface area contributed by atoms with Gasteiger partial charge in [0.05, 0.1) is 4.90 Å². The number of amides is 2. The summed E-state index contributed by atoms with van der Waals surface area (Å²) in [5.41, 5.74) is 1.76. The third-order valence-corrected chi connectivity index (χ3v) is 8.18. The van der Waals surface area contributed by atoms with Crippen LogP contribution in [0.4, 0.5) is 4.79 Å². The molecule has 27 heavy (non-hydrogen) atoms. The van der Waals surface area contributed by atoms with Gasteiger partial charge in [0.1, 0.15) is 0 Å². The minimum absolute atomic E-state index is 0.0959. The Morgan fingerprint density at radius 3 is 2.26 bits per heavy atom. The SMILES string of the molecule is Cc1ccc(C#CCC2(S(=O)(=O)c3ccc(Cl)cc3)SC(=O)NC2=O)cc1. The van der Waals surface area contributed by atoms with E-state index in [1.54, 1.807) is 12.1 Å². The van der Waals surface area contributed by atoms with Gasteiger partial charge in [0.2, 0.25) is 13.9 Å². The third kappa shape index (κ3) is 3.74. The van der Waals surface area contributed by atoms with Crippen molar-refractivity contribution >= 4 is 44.3 Å². The quantitative estimate of drug-likeness (QED) is 0.769. The molecule has 5 nitrogen and oxygen atoms in total. The number of sulfone groups is 1. The maximum Gasteiger partial charge on any atom is 0.287 e. The normalized spacial score (nSPS) is 19.3. The Morgan fingerprint density at radius 2 is 1.70 bits per heavy atom. The van der Waals surface area contributed by atoms with Crippen molar-refractivity contribution in [1.29, 1.82) is 0 Å². The molecule has 0 spiro atoms. The number of thioether (sulfide) groups is 1. The second kappa shape index (κ2) is 7.39. The number of hydrogen-bond donors (Lipinski definition) is 1. The van der Waals surface area contributed by atoms with Crippen molar-refractivity contribution in [2.24, 2.45) is 0 Å². The van der Waals surface area contributed by atoms with E-state index in [4.69, 9.17) is 11.6 Å². The zero-order valence-electron chi connectivity index (χ0n) is 14.2. The van der Waals surface area contributed by atoms with E-state index in [0.717, 1.165) is 5.56 Å². The van der Waals surface area contributed by atoms with Crippen molar-refractivity contribution in [3.8, 4) is 11.8 Å². The first kappa shape index (κ1) is 19.5. The van der Waals surface area contributed by atoms with Crippen LogP contribution >= 0.6 is 23.4 Å². The number of halogens is 1. The van der Waals surface area contributed by atoms with E-state index < -0.39 is 25.1 Å². The lowest BCUT2D eigenvalue weighted by Gasteiger charge is -2.22. The summed E-state index contributed by atoms with van der Waals surface area (Å²) >= 11 is 6.26. The van der Waals surface area contributed by atoms with Gasteiger partial charge in [0.25, 0.3) is 11.1 Å². The molecule has 1 N–H and O–H groups in total. The third-order valence-electron chi connectivity index (χ3n) is 3.98. The van der Waals surface area contributed by atoms with Crippen molar-refractivity contribution in [2.45, 2.75) is 22.3 Å². The van der Waals surface area contributed by atoms with Crippen LogP contribution in [0.15, 0.2) is 53.4 Å². The lowest BCUT2D eigenvalue weighted by molar-refractivity contribution is -0.119. The Labute approximate surface area is 166 Å². The number of carbonyl (C=O) groups is 2. The molecule has 1 aliphatic heterocycles. The van der Waals surface area contributed by atoms with Crippen molar-refractivity contribution in [1.82, 2.24) is 5.32 Å². The Morgan fingerprint density at radius 1 is 1.07 bits per heavy atom. The smallest absolute Gasteiger partial charge is 0.285 e. The molecule has 2 amide bonds. The van der Waals surface area contributed by atoms with Crippen LogP contribution in [0, 0.1) is 18.8 Å². The minimum atomic E-state index is -4.19. The van der Waals surface area contributed by atoms with Gasteiger partial charge in [-0.25, -0.2) is 8.42 Å². The molecule has 0 saturated carbocycles. The van der Waals surface area contributed by atoms with E-state index in [1.165, 1.54) is 24.3 Å². The van der Waals surface area contributed by atoms with Crippen LogP contribution in [0.25, 0.3) is 0 Å². The molecule has 2 aromatic rings. The second-order valence-corrected chi connectivity index (χ2v) is 10.0. The number of aryl methyl sites for hydroxylation is 1. The number of imide groups is 1. The van der Waals surface area contributed by atoms with Gasteiger partial charge >= 0.3 is 0 Å². The molecule has 3 rings (SSSR count). The molecule has 0 aromatic heterocycles. The molecular weight excluding hydrogens is 406 g/mol. The topological polar surface area (TPSA) is 80.3 Å². The summed E-state index contributed by atoms with van der Waals surface area (Å²) in [6.45, 7) is 1.94. The Kier molecular flexibility index (Phi) is 5.33. The minimum Gasteiger partial charge on any atom is -0.285 e.